The predicted octanol–water partition coefficient (Wildman–Crippen LogP) is 4.63. The fourth-order valence-corrected chi connectivity index (χ4v) is 9.01. The Morgan fingerprint density at radius 3 is 2.12 bits per heavy atom. The van der Waals surface area contributed by atoms with Gasteiger partial charge < -0.3 is 19.9 Å². The van der Waals surface area contributed by atoms with Gasteiger partial charge in [-0.15, -0.1) is 6.42 Å². The molecular formula is C43H45ClN6O6. The number of anilines is 2. The molecule has 0 aromatic heterocycles. The number of nitrogens with zero attached hydrogens (tertiary/aromatic N) is 4. The summed E-state index contributed by atoms with van der Waals surface area (Å²) in [7, 11) is 0. The van der Waals surface area contributed by atoms with Crippen LogP contribution in [0.25, 0.3) is 0 Å². The molecule has 13 heteroatoms. The van der Waals surface area contributed by atoms with Gasteiger partial charge in [-0.05, 0) is 99.5 Å². The van der Waals surface area contributed by atoms with E-state index in [1.165, 1.54) is 0 Å². The number of carbonyl (C=O) groups excluding carboxylic acids is 5. The zero-order chi connectivity index (χ0) is 38.9. The Labute approximate surface area is 331 Å². The normalized spacial score (nSPS) is 23.4. The summed E-state index contributed by atoms with van der Waals surface area (Å²) in [4.78, 5) is 71.8. The molecule has 3 aromatic rings. The molecule has 5 aliphatic rings. The average molecular weight is 777 g/mol. The van der Waals surface area contributed by atoms with E-state index in [0.717, 1.165) is 94.1 Å². The zero-order valence-electron chi connectivity index (χ0n) is 31.2. The maximum absolute atomic E-state index is 13.3. The third-order valence-corrected chi connectivity index (χ3v) is 12.3. The minimum atomic E-state index is -0.973. The molecule has 2 N–H and O–H groups in total. The number of fused-ring (bicyclic) bond motifs is 1. The van der Waals surface area contributed by atoms with Gasteiger partial charge in [-0.3, -0.25) is 39.1 Å². The van der Waals surface area contributed by atoms with Crippen LogP contribution in [0.5, 0.6) is 5.75 Å². The number of imide groups is 2. The van der Waals surface area contributed by atoms with Crippen LogP contribution in [0.2, 0.25) is 5.02 Å². The number of amides is 5. The fourth-order valence-electron chi connectivity index (χ4n) is 8.79. The molecule has 290 valence electrons. The molecule has 0 radical (unpaired) electrons. The number of hydrogen-bond acceptors (Lipinski definition) is 9. The predicted molar refractivity (Wildman–Crippen MR) is 212 cm³/mol. The summed E-state index contributed by atoms with van der Waals surface area (Å²) < 4.78 is 6.14. The molecule has 56 heavy (non-hydrogen) atoms. The highest BCUT2D eigenvalue weighted by atomic mass is 35.5. The summed E-state index contributed by atoms with van der Waals surface area (Å²) in [6, 6.07) is 18.3. The second-order valence-corrected chi connectivity index (χ2v) is 15.7. The first kappa shape index (κ1) is 37.5. The molecule has 0 bridgehead atoms. The number of piperazine rings is 1. The molecule has 0 spiro atoms. The lowest BCUT2D eigenvalue weighted by Gasteiger charge is -2.44. The van der Waals surface area contributed by atoms with E-state index in [9.17, 15) is 24.0 Å². The summed E-state index contributed by atoms with van der Waals surface area (Å²) >= 11 is 6.23. The Balaban J connectivity index is 0.772. The average Bonchev–Trinajstić information content (AvgIpc) is 3.46. The van der Waals surface area contributed by atoms with Gasteiger partial charge >= 0.3 is 0 Å². The van der Waals surface area contributed by atoms with E-state index in [1.54, 1.807) is 24.3 Å². The van der Waals surface area contributed by atoms with Gasteiger partial charge in [0.1, 0.15) is 11.8 Å². The molecule has 4 aliphatic heterocycles. The van der Waals surface area contributed by atoms with Crippen LogP contribution in [-0.4, -0.2) is 103 Å². The van der Waals surface area contributed by atoms with Crippen molar-refractivity contribution >= 4 is 52.5 Å². The van der Waals surface area contributed by atoms with Gasteiger partial charge in [0.15, 0.2) is 0 Å². The van der Waals surface area contributed by atoms with Crippen molar-refractivity contribution in [3.8, 4) is 18.1 Å². The van der Waals surface area contributed by atoms with Crippen LogP contribution in [-0.2, 0) is 9.59 Å². The Bertz CT molecular complexity index is 2080. The molecule has 5 amide bonds. The quantitative estimate of drug-likeness (QED) is 0.249. The summed E-state index contributed by atoms with van der Waals surface area (Å²) in [6.07, 6.45) is 11.2. The monoisotopic (exact) mass is 776 g/mol. The Morgan fingerprint density at radius 2 is 1.45 bits per heavy atom. The van der Waals surface area contributed by atoms with Crippen molar-refractivity contribution in [3.63, 3.8) is 0 Å². The SMILES string of the molecule is C#Cc1ccc(OC2CCC(NC(=O)c3ccc(N4CCC(N5CCN(c6ccc7c(c6)C(=O)N(C6CCC(=O)NC6=O)C7=O)CC5)CC4)cc3)CC2)cc1Cl. The molecule has 3 aromatic carbocycles. The van der Waals surface area contributed by atoms with Crippen LogP contribution >= 0.6 is 11.6 Å². The lowest BCUT2D eigenvalue weighted by Crippen LogP contribution is -2.54. The topological polar surface area (TPSA) is 132 Å². The Morgan fingerprint density at radius 1 is 0.768 bits per heavy atom. The number of ether oxygens (including phenoxy) is 1. The lowest BCUT2D eigenvalue weighted by atomic mass is 9.92. The van der Waals surface area contributed by atoms with Crippen molar-refractivity contribution in [2.75, 3.05) is 49.1 Å². The van der Waals surface area contributed by atoms with Crippen molar-refractivity contribution in [3.05, 3.63) is 87.9 Å². The third kappa shape index (κ3) is 7.71. The molecular weight excluding hydrogens is 732 g/mol. The van der Waals surface area contributed by atoms with Gasteiger partial charge in [0.05, 0.1) is 22.3 Å². The molecule has 1 atom stereocenters. The summed E-state index contributed by atoms with van der Waals surface area (Å²) in [5.74, 6) is 1.24. The highest BCUT2D eigenvalue weighted by molar-refractivity contribution is 6.31. The maximum atomic E-state index is 13.3. The highest BCUT2D eigenvalue weighted by Crippen LogP contribution is 2.32. The van der Waals surface area contributed by atoms with Crippen LogP contribution in [0.15, 0.2) is 60.7 Å². The van der Waals surface area contributed by atoms with E-state index >= 15 is 0 Å². The minimum absolute atomic E-state index is 0.0513. The van der Waals surface area contributed by atoms with Gasteiger partial charge in [0.2, 0.25) is 11.8 Å². The van der Waals surface area contributed by atoms with Gasteiger partial charge in [-0.25, -0.2) is 0 Å². The number of rotatable bonds is 8. The van der Waals surface area contributed by atoms with Crippen LogP contribution in [0, 0.1) is 12.3 Å². The molecule has 8 rings (SSSR count). The second-order valence-electron chi connectivity index (χ2n) is 15.3. The zero-order valence-corrected chi connectivity index (χ0v) is 31.9. The van der Waals surface area contributed by atoms with E-state index in [1.807, 2.05) is 36.4 Å². The Hall–Kier alpha value is -5.38. The smallest absolute Gasteiger partial charge is 0.262 e. The number of carbonyl (C=O) groups is 5. The van der Waals surface area contributed by atoms with Crippen molar-refractivity contribution in [2.24, 2.45) is 0 Å². The minimum Gasteiger partial charge on any atom is -0.490 e. The summed E-state index contributed by atoms with van der Waals surface area (Å²) in [5.41, 5.74) is 3.92. The first-order valence-corrected chi connectivity index (χ1v) is 20.0. The van der Waals surface area contributed by atoms with Crippen molar-refractivity contribution in [1.82, 2.24) is 20.4 Å². The second kappa shape index (κ2) is 16.0. The number of nitrogens with one attached hydrogen (secondary N) is 2. The summed E-state index contributed by atoms with van der Waals surface area (Å²) in [5, 5.41) is 5.97. The number of halogens is 1. The number of hydrogen-bond donors (Lipinski definition) is 2. The molecule has 1 unspecified atom stereocenters. The molecule has 1 saturated carbocycles. The number of terminal acetylenes is 1. The van der Waals surface area contributed by atoms with Crippen LogP contribution in [0.3, 0.4) is 0 Å². The standard InChI is InChI=1S/C43H45ClN6O6/c1-2-27-5-11-34(26-37(27)44)56-33-12-6-29(7-13-33)45-40(52)28-3-8-30(9-4-28)47-19-17-31(18-20-47)48-21-23-49(24-22-48)32-10-14-35-36(25-32)43(55)50(42(35)54)38-15-16-39(51)46-41(38)53/h1,3-5,8-11,14,25-26,29,31,33,38H,6-7,12-13,15-24H2,(H,45,52)(H,46,51,53). The largest absolute Gasteiger partial charge is 0.490 e. The number of piperidine rings is 2. The van der Waals surface area contributed by atoms with Crippen molar-refractivity contribution < 1.29 is 28.7 Å². The van der Waals surface area contributed by atoms with E-state index in [0.29, 0.717) is 39.1 Å². The number of benzene rings is 3. The molecule has 1 aliphatic carbocycles. The molecule has 4 heterocycles. The molecule has 4 fully saturated rings. The van der Waals surface area contributed by atoms with Gasteiger partial charge in [-0.2, -0.15) is 0 Å². The molecule has 12 nitrogen and oxygen atoms in total. The fraction of sp³-hybridized carbons (Fsp3) is 0.419. The van der Waals surface area contributed by atoms with Crippen LogP contribution in [0.1, 0.15) is 88.0 Å². The Kier molecular flexibility index (Phi) is 10.7. The first-order valence-electron chi connectivity index (χ1n) is 19.6. The maximum Gasteiger partial charge on any atom is 0.262 e. The van der Waals surface area contributed by atoms with E-state index in [4.69, 9.17) is 22.8 Å². The van der Waals surface area contributed by atoms with Crippen molar-refractivity contribution in [2.45, 2.75) is 75.6 Å². The van der Waals surface area contributed by atoms with Gasteiger partial charge in [-0.1, -0.05) is 17.5 Å². The van der Waals surface area contributed by atoms with E-state index < -0.39 is 29.7 Å². The summed E-state index contributed by atoms with van der Waals surface area (Å²) in [6.45, 7) is 5.26. The van der Waals surface area contributed by atoms with E-state index in [2.05, 4.69) is 31.3 Å². The first-order chi connectivity index (χ1) is 27.1. The van der Waals surface area contributed by atoms with Crippen LogP contribution in [0.4, 0.5) is 11.4 Å². The molecule has 3 saturated heterocycles. The van der Waals surface area contributed by atoms with Gasteiger partial charge in [0.25, 0.3) is 17.7 Å². The lowest BCUT2D eigenvalue weighted by molar-refractivity contribution is -0.136. The van der Waals surface area contributed by atoms with E-state index in [-0.39, 0.29) is 30.9 Å². The third-order valence-electron chi connectivity index (χ3n) is 12.0. The highest BCUT2D eigenvalue weighted by Gasteiger charge is 2.45. The van der Waals surface area contributed by atoms with Crippen molar-refractivity contribution in [1.29, 1.82) is 0 Å². The van der Waals surface area contributed by atoms with Crippen LogP contribution < -0.4 is 25.2 Å². The van der Waals surface area contributed by atoms with Gasteiger partial charge in [0, 0.05) is 86.3 Å².